The molecular formula is C27H35NO2. The predicted octanol–water partition coefficient (Wildman–Crippen LogP) is 7.01. The minimum absolute atomic E-state index is 0.323. The molecule has 0 N–H and O–H groups in total. The first-order valence-corrected chi connectivity index (χ1v) is 11.5. The van der Waals surface area contributed by atoms with Crippen molar-refractivity contribution in [1.29, 1.82) is 5.26 Å². The van der Waals surface area contributed by atoms with Crippen LogP contribution in [-0.4, -0.2) is 12.9 Å². The maximum absolute atomic E-state index is 9.02. The van der Waals surface area contributed by atoms with Gasteiger partial charge < -0.3 is 9.47 Å². The third-order valence-corrected chi connectivity index (χ3v) is 6.37. The van der Waals surface area contributed by atoms with Crippen LogP contribution in [0.1, 0.15) is 81.4 Å². The first kappa shape index (κ1) is 22.4. The molecule has 160 valence electrons. The zero-order chi connectivity index (χ0) is 21.2. The molecule has 3 nitrogen and oxygen atoms in total. The lowest BCUT2D eigenvalue weighted by molar-refractivity contribution is -0.0831. The van der Waals surface area contributed by atoms with Crippen molar-refractivity contribution in [2.24, 2.45) is 5.92 Å². The molecule has 1 saturated carbocycles. The smallest absolute Gasteiger partial charge is 0.203 e. The van der Waals surface area contributed by atoms with Gasteiger partial charge in [-0.3, -0.25) is 0 Å². The van der Waals surface area contributed by atoms with Gasteiger partial charge in [-0.1, -0.05) is 70.2 Å². The van der Waals surface area contributed by atoms with E-state index < -0.39 is 0 Å². The van der Waals surface area contributed by atoms with Crippen molar-refractivity contribution in [2.75, 3.05) is 6.61 Å². The van der Waals surface area contributed by atoms with Crippen LogP contribution in [0.3, 0.4) is 0 Å². The number of nitrogens with zero attached hydrogens (tertiary/aromatic N) is 1. The maximum atomic E-state index is 9.02. The van der Waals surface area contributed by atoms with E-state index in [1.54, 1.807) is 0 Å². The number of hydrogen-bond donors (Lipinski definition) is 0. The van der Waals surface area contributed by atoms with E-state index in [1.165, 1.54) is 37.7 Å². The molecule has 3 rings (SSSR count). The van der Waals surface area contributed by atoms with Gasteiger partial charge >= 0.3 is 0 Å². The van der Waals surface area contributed by atoms with Crippen molar-refractivity contribution in [3.8, 4) is 11.8 Å². The standard InChI is InChI=1S/C27H35NO2/c1-3-21(2)25-13-15-26(16-14-25)30-27(19-23-9-11-24(20-28)12-10-23)29-18-17-22-7-5-4-6-8-22/h9-16,21-22,27H,3-8,17-19H2,1-2H3. The molecule has 0 aromatic heterocycles. The molecule has 0 amide bonds. The fourth-order valence-electron chi connectivity index (χ4n) is 4.15. The summed E-state index contributed by atoms with van der Waals surface area (Å²) in [7, 11) is 0. The van der Waals surface area contributed by atoms with Crippen LogP contribution < -0.4 is 4.74 Å². The lowest BCUT2D eigenvalue weighted by atomic mass is 9.87. The van der Waals surface area contributed by atoms with Gasteiger partial charge in [-0.15, -0.1) is 0 Å². The minimum atomic E-state index is -0.323. The zero-order valence-corrected chi connectivity index (χ0v) is 18.5. The summed E-state index contributed by atoms with van der Waals surface area (Å²) in [6.07, 6.45) is 9.36. The van der Waals surface area contributed by atoms with E-state index in [4.69, 9.17) is 14.7 Å². The number of ether oxygens (including phenoxy) is 2. The van der Waals surface area contributed by atoms with E-state index in [-0.39, 0.29) is 6.29 Å². The largest absolute Gasteiger partial charge is 0.465 e. The Kier molecular flexibility index (Phi) is 8.78. The molecule has 1 fully saturated rings. The van der Waals surface area contributed by atoms with E-state index >= 15 is 0 Å². The van der Waals surface area contributed by atoms with Crippen LogP contribution in [0.25, 0.3) is 0 Å². The second kappa shape index (κ2) is 11.8. The van der Waals surface area contributed by atoms with Crippen LogP contribution >= 0.6 is 0 Å². The fourth-order valence-corrected chi connectivity index (χ4v) is 4.15. The van der Waals surface area contributed by atoms with Gasteiger partial charge in [0.25, 0.3) is 0 Å². The van der Waals surface area contributed by atoms with Gasteiger partial charge in [-0.25, -0.2) is 0 Å². The molecule has 0 spiro atoms. The molecule has 2 atom stereocenters. The molecule has 2 unspecified atom stereocenters. The van der Waals surface area contributed by atoms with Gasteiger partial charge in [0.15, 0.2) is 0 Å². The van der Waals surface area contributed by atoms with Crippen molar-refractivity contribution in [1.82, 2.24) is 0 Å². The maximum Gasteiger partial charge on any atom is 0.203 e. The fraction of sp³-hybridized carbons (Fsp3) is 0.519. The van der Waals surface area contributed by atoms with Crippen molar-refractivity contribution in [2.45, 2.75) is 77.4 Å². The quantitative estimate of drug-likeness (QED) is 0.399. The van der Waals surface area contributed by atoms with Crippen LogP contribution in [0, 0.1) is 17.2 Å². The van der Waals surface area contributed by atoms with E-state index in [9.17, 15) is 0 Å². The molecule has 0 saturated heterocycles. The van der Waals surface area contributed by atoms with Gasteiger partial charge in [-0.2, -0.15) is 5.26 Å². The number of benzene rings is 2. The highest BCUT2D eigenvalue weighted by atomic mass is 16.7. The summed E-state index contributed by atoms with van der Waals surface area (Å²) in [6, 6.07) is 18.3. The molecule has 1 aliphatic rings. The molecule has 30 heavy (non-hydrogen) atoms. The van der Waals surface area contributed by atoms with E-state index in [0.717, 1.165) is 36.7 Å². The zero-order valence-electron chi connectivity index (χ0n) is 18.5. The first-order valence-electron chi connectivity index (χ1n) is 11.5. The van der Waals surface area contributed by atoms with Crippen LogP contribution in [-0.2, 0) is 11.2 Å². The van der Waals surface area contributed by atoms with Crippen molar-refractivity contribution >= 4 is 0 Å². The van der Waals surface area contributed by atoms with Crippen molar-refractivity contribution in [3.05, 3.63) is 65.2 Å². The van der Waals surface area contributed by atoms with Crippen LogP contribution in [0.4, 0.5) is 0 Å². The molecule has 3 heteroatoms. The second-order valence-corrected chi connectivity index (χ2v) is 8.60. The molecule has 2 aromatic carbocycles. The van der Waals surface area contributed by atoms with Crippen molar-refractivity contribution < 1.29 is 9.47 Å². The summed E-state index contributed by atoms with van der Waals surface area (Å²) in [4.78, 5) is 0. The van der Waals surface area contributed by atoms with E-state index in [1.807, 2.05) is 24.3 Å². The van der Waals surface area contributed by atoms with Gasteiger partial charge in [0.2, 0.25) is 6.29 Å². The topological polar surface area (TPSA) is 42.2 Å². The highest BCUT2D eigenvalue weighted by Crippen LogP contribution is 2.27. The summed E-state index contributed by atoms with van der Waals surface area (Å²) in [6.45, 7) is 5.19. The Morgan fingerprint density at radius 3 is 2.33 bits per heavy atom. The van der Waals surface area contributed by atoms with Gasteiger partial charge in [0.05, 0.1) is 18.2 Å². The Labute approximate surface area is 182 Å². The molecular weight excluding hydrogens is 370 g/mol. The Balaban J connectivity index is 1.61. The normalized spacial score (nSPS) is 16.6. The third-order valence-electron chi connectivity index (χ3n) is 6.37. The summed E-state index contributed by atoms with van der Waals surface area (Å²) < 4.78 is 12.5. The SMILES string of the molecule is CCC(C)c1ccc(OC(Cc2ccc(C#N)cc2)OCCC2CCCCC2)cc1. The van der Waals surface area contributed by atoms with Gasteiger partial charge in [-0.05, 0) is 60.1 Å². The van der Waals surface area contributed by atoms with Crippen LogP contribution in [0.5, 0.6) is 5.75 Å². The average Bonchev–Trinajstić information content (AvgIpc) is 2.80. The molecule has 0 heterocycles. The Morgan fingerprint density at radius 2 is 1.70 bits per heavy atom. The highest BCUT2D eigenvalue weighted by molar-refractivity contribution is 5.32. The number of nitriles is 1. The average molecular weight is 406 g/mol. The van der Waals surface area contributed by atoms with E-state index in [0.29, 0.717) is 17.9 Å². The van der Waals surface area contributed by atoms with Gasteiger partial charge in [0, 0.05) is 6.42 Å². The molecule has 2 aromatic rings. The van der Waals surface area contributed by atoms with Crippen LogP contribution in [0.15, 0.2) is 48.5 Å². The summed E-state index contributed by atoms with van der Waals surface area (Å²) >= 11 is 0. The summed E-state index contributed by atoms with van der Waals surface area (Å²) in [5.41, 5.74) is 3.13. The van der Waals surface area contributed by atoms with Crippen molar-refractivity contribution in [3.63, 3.8) is 0 Å². The Bertz CT molecular complexity index is 785. The van der Waals surface area contributed by atoms with Gasteiger partial charge in [0.1, 0.15) is 5.75 Å². The number of hydrogen-bond acceptors (Lipinski definition) is 3. The monoisotopic (exact) mass is 405 g/mol. The Morgan fingerprint density at radius 1 is 1.00 bits per heavy atom. The predicted molar refractivity (Wildman–Crippen MR) is 122 cm³/mol. The summed E-state index contributed by atoms with van der Waals surface area (Å²) in [5.74, 6) is 2.20. The highest BCUT2D eigenvalue weighted by Gasteiger charge is 2.17. The molecule has 0 bridgehead atoms. The lowest BCUT2D eigenvalue weighted by Crippen LogP contribution is -2.25. The second-order valence-electron chi connectivity index (χ2n) is 8.60. The number of rotatable bonds is 10. The Hall–Kier alpha value is -2.31. The third kappa shape index (κ3) is 6.89. The molecule has 0 aliphatic heterocycles. The summed E-state index contributed by atoms with van der Waals surface area (Å²) in [5, 5.41) is 9.02. The van der Waals surface area contributed by atoms with Crippen LogP contribution in [0.2, 0.25) is 0 Å². The lowest BCUT2D eigenvalue weighted by Gasteiger charge is -2.24. The minimum Gasteiger partial charge on any atom is -0.465 e. The first-order chi connectivity index (χ1) is 14.7. The molecule has 0 radical (unpaired) electrons. The molecule has 1 aliphatic carbocycles. The van der Waals surface area contributed by atoms with E-state index in [2.05, 4.69) is 44.2 Å².